The molecule has 0 amide bonds. The first-order valence-electron chi connectivity index (χ1n) is 4.72. The maximum atomic E-state index is 3.53. The van der Waals surface area contributed by atoms with Crippen LogP contribution in [-0.4, -0.2) is 7.05 Å². The van der Waals surface area contributed by atoms with Gasteiger partial charge in [-0.2, -0.15) is 0 Å². The third-order valence-electron chi connectivity index (χ3n) is 2.49. The van der Waals surface area contributed by atoms with Crippen LogP contribution in [0, 0.1) is 5.92 Å². The van der Waals surface area contributed by atoms with Gasteiger partial charge in [-0.05, 0) is 50.9 Å². The molecule has 1 N–H and O–H groups in total. The number of halogens is 2. The molecule has 0 aromatic carbocycles. The fourth-order valence-corrected chi connectivity index (χ4v) is 3.79. The van der Waals surface area contributed by atoms with Gasteiger partial charge < -0.3 is 5.32 Å². The summed E-state index contributed by atoms with van der Waals surface area (Å²) in [5.74, 6) is 0.664. The highest BCUT2D eigenvalue weighted by Gasteiger charge is 2.18. The summed E-state index contributed by atoms with van der Waals surface area (Å²) in [6.45, 7) is 4.51. The molecule has 0 saturated heterocycles. The topological polar surface area (TPSA) is 12.0 Å². The molecular formula is C10H15Br2NS. The van der Waals surface area contributed by atoms with Crippen molar-refractivity contribution in [2.75, 3.05) is 7.05 Å². The maximum Gasteiger partial charge on any atom is 0.0843 e. The molecule has 14 heavy (non-hydrogen) atoms. The van der Waals surface area contributed by atoms with Crippen molar-refractivity contribution in [1.29, 1.82) is 0 Å². The molecule has 0 aliphatic heterocycles. The Balaban J connectivity index is 2.89. The highest BCUT2D eigenvalue weighted by molar-refractivity contribution is 9.13. The Hall–Kier alpha value is 0.620. The van der Waals surface area contributed by atoms with Crippen molar-refractivity contribution in [1.82, 2.24) is 5.32 Å². The standard InChI is InChI=1S/C10H15Br2NS/c1-4-6(2)9(13-3)8-5-7(11)10(12)14-8/h5-6,9,13H,4H2,1-3H3. The summed E-state index contributed by atoms with van der Waals surface area (Å²) in [7, 11) is 2.03. The van der Waals surface area contributed by atoms with E-state index in [-0.39, 0.29) is 0 Å². The van der Waals surface area contributed by atoms with Gasteiger partial charge >= 0.3 is 0 Å². The monoisotopic (exact) mass is 339 g/mol. The van der Waals surface area contributed by atoms with E-state index in [0.29, 0.717) is 12.0 Å². The third kappa shape index (κ3) is 2.81. The van der Waals surface area contributed by atoms with Crippen molar-refractivity contribution in [3.8, 4) is 0 Å². The summed E-state index contributed by atoms with van der Waals surface area (Å²) in [4.78, 5) is 1.39. The Bertz CT molecular complexity index is 279. The van der Waals surface area contributed by atoms with Crippen LogP contribution in [0.2, 0.25) is 0 Å². The van der Waals surface area contributed by atoms with Crippen LogP contribution in [0.15, 0.2) is 14.3 Å². The van der Waals surface area contributed by atoms with Gasteiger partial charge in [0.25, 0.3) is 0 Å². The van der Waals surface area contributed by atoms with Crippen molar-refractivity contribution >= 4 is 43.2 Å². The highest BCUT2D eigenvalue weighted by atomic mass is 79.9. The molecule has 0 saturated carbocycles. The van der Waals surface area contributed by atoms with Crippen LogP contribution in [0.5, 0.6) is 0 Å². The first-order valence-corrected chi connectivity index (χ1v) is 7.12. The molecule has 0 bridgehead atoms. The lowest BCUT2D eigenvalue weighted by molar-refractivity contribution is 0.406. The van der Waals surface area contributed by atoms with Gasteiger partial charge in [0.2, 0.25) is 0 Å². The Labute approximate surface area is 107 Å². The Morgan fingerprint density at radius 2 is 2.14 bits per heavy atom. The second-order valence-corrected chi connectivity index (χ2v) is 6.68. The minimum absolute atomic E-state index is 0.465. The van der Waals surface area contributed by atoms with E-state index in [4.69, 9.17) is 0 Å². The van der Waals surface area contributed by atoms with Gasteiger partial charge in [0.05, 0.1) is 3.79 Å². The van der Waals surface area contributed by atoms with E-state index >= 15 is 0 Å². The van der Waals surface area contributed by atoms with Crippen molar-refractivity contribution < 1.29 is 0 Å². The van der Waals surface area contributed by atoms with E-state index in [0.717, 1.165) is 4.47 Å². The summed E-state index contributed by atoms with van der Waals surface area (Å²) < 4.78 is 2.33. The highest BCUT2D eigenvalue weighted by Crippen LogP contribution is 2.38. The van der Waals surface area contributed by atoms with Gasteiger partial charge in [-0.25, -0.2) is 0 Å². The normalized spacial score (nSPS) is 15.5. The molecule has 80 valence electrons. The number of nitrogens with one attached hydrogen (secondary N) is 1. The summed E-state index contributed by atoms with van der Waals surface area (Å²) >= 11 is 8.85. The number of thiophene rings is 1. The van der Waals surface area contributed by atoms with Crippen molar-refractivity contribution in [2.45, 2.75) is 26.3 Å². The molecule has 1 heterocycles. The van der Waals surface area contributed by atoms with Gasteiger partial charge in [-0.15, -0.1) is 11.3 Å². The van der Waals surface area contributed by atoms with Crippen LogP contribution in [0.4, 0.5) is 0 Å². The molecule has 1 aromatic rings. The Kier molecular flexibility index (Phi) is 5.11. The summed E-state index contributed by atoms with van der Waals surface area (Å²) in [5, 5.41) is 3.38. The minimum Gasteiger partial charge on any atom is -0.312 e. The molecule has 2 unspecified atom stereocenters. The van der Waals surface area contributed by atoms with Crippen molar-refractivity contribution in [3.05, 3.63) is 19.2 Å². The lowest BCUT2D eigenvalue weighted by Gasteiger charge is -2.20. The fourth-order valence-electron chi connectivity index (χ4n) is 1.46. The zero-order valence-corrected chi connectivity index (χ0v) is 12.6. The van der Waals surface area contributed by atoms with Crippen molar-refractivity contribution in [2.24, 2.45) is 5.92 Å². The average molecular weight is 341 g/mol. The lowest BCUT2D eigenvalue weighted by atomic mass is 9.98. The van der Waals surface area contributed by atoms with Crippen LogP contribution in [-0.2, 0) is 0 Å². The SMILES string of the molecule is CCC(C)C(NC)c1cc(Br)c(Br)s1. The van der Waals surface area contributed by atoms with Gasteiger partial charge in [-0.1, -0.05) is 20.3 Å². The zero-order valence-electron chi connectivity index (χ0n) is 8.60. The first-order chi connectivity index (χ1) is 6.60. The lowest BCUT2D eigenvalue weighted by Crippen LogP contribution is -2.21. The molecule has 0 aliphatic carbocycles. The molecule has 1 nitrogen and oxygen atoms in total. The largest absolute Gasteiger partial charge is 0.312 e. The Morgan fingerprint density at radius 1 is 1.50 bits per heavy atom. The minimum atomic E-state index is 0.465. The molecule has 0 radical (unpaired) electrons. The second kappa shape index (κ2) is 5.64. The number of hydrogen-bond acceptors (Lipinski definition) is 2. The van der Waals surface area contributed by atoms with Gasteiger partial charge in [0.1, 0.15) is 0 Å². The van der Waals surface area contributed by atoms with Crippen molar-refractivity contribution in [3.63, 3.8) is 0 Å². The quantitative estimate of drug-likeness (QED) is 0.845. The van der Waals surface area contributed by atoms with Gasteiger partial charge in [-0.3, -0.25) is 0 Å². The molecule has 0 fully saturated rings. The van der Waals surface area contributed by atoms with E-state index in [2.05, 4.69) is 57.1 Å². The molecule has 4 heteroatoms. The van der Waals surface area contributed by atoms with Crippen LogP contribution < -0.4 is 5.32 Å². The van der Waals surface area contributed by atoms with E-state index < -0.39 is 0 Å². The number of rotatable bonds is 4. The van der Waals surface area contributed by atoms with Gasteiger partial charge in [0, 0.05) is 15.4 Å². The zero-order chi connectivity index (χ0) is 10.7. The molecule has 1 aromatic heterocycles. The van der Waals surface area contributed by atoms with E-state index in [1.54, 1.807) is 11.3 Å². The summed E-state index contributed by atoms with van der Waals surface area (Å²) in [6.07, 6.45) is 1.19. The summed E-state index contributed by atoms with van der Waals surface area (Å²) in [6, 6.07) is 2.66. The van der Waals surface area contributed by atoms with E-state index in [9.17, 15) is 0 Å². The summed E-state index contributed by atoms with van der Waals surface area (Å²) in [5.41, 5.74) is 0. The average Bonchev–Trinajstić information content (AvgIpc) is 2.48. The molecule has 1 rings (SSSR count). The molecule has 0 spiro atoms. The Morgan fingerprint density at radius 3 is 2.50 bits per heavy atom. The molecular weight excluding hydrogens is 326 g/mol. The molecule has 2 atom stereocenters. The smallest absolute Gasteiger partial charge is 0.0843 e. The predicted octanol–water partition coefficient (Wildman–Crippen LogP) is 4.58. The molecule has 0 aliphatic rings. The predicted molar refractivity (Wildman–Crippen MR) is 71.0 cm³/mol. The number of hydrogen-bond donors (Lipinski definition) is 1. The fraction of sp³-hybridized carbons (Fsp3) is 0.600. The third-order valence-corrected chi connectivity index (χ3v) is 5.83. The van der Waals surface area contributed by atoms with Crippen LogP contribution in [0.3, 0.4) is 0 Å². The van der Waals surface area contributed by atoms with Crippen LogP contribution >= 0.6 is 43.2 Å². The van der Waals surface area contributed by atoms with E-state index in [1.807, 2.05) is 7.05 Å². The van der Waals surface area contributed by atoms with Crippen LogP contribution in [0.25, 0.3) is 0 Å². The maximum absolute atomic E-state index is 3.53. The van der Waals surface area contributed by atoms with E-state index in [1.165, 1.54) is 15.1 Å². The second-order valence-electron chi connectivity index (χ2n) is 3.42. The van der Waals surface area contributed by atoms with Gasteiger partial charge in [0.15, 0.2) is 0 Å². The first kappa shape index (κ1) is 12.7. The van der Waals surface area contributed by atoms with Crippen LogP contribution in [0.1, 0.15) is 31.2 Å².